The second kappa shape index (κ2) is 11.3. The number of nitrogens with zero attached hydrogens (tertiary/aromatic N) is 3. The van der Waals surface area contributed by atoms with Crippen molar-refractivity contribution < 1.29 is 14.4 Å². The zero-order valence-electron chi connectivity index (χ0n) is 21.4. The molecule has 9 heteroatoms. The molecular weight excluding hydrogens is 516 g/mol. The number of halogens is 1. The standard InChI is InChI=1S/C30H27ClN4O4/c1-19(15-32-16-22(36)18-35-28(37)23-9-5-6-10-24(23)29(35)38)13-27-33-26-14-21(31)11-12-25(26)30(39)34(27)17-20-7-3-2-4-8-20/h2-12,14,19,32H,13,15-18H2,1H3/t19-/m1/s1. The number of carbonyl (C=O) groups is 3. The number of hydrogen-bond acceptors (Lipinski definition) is 6. The number of ketones is 1. The van der Waals surface area contributed by atoms with E-state index in [0.29, 0.717) is 52.4 Å². The number of aromatic nitrogens is 2. The second-order valence-corrected chi connectivity index (χ2v) is 10.2. The Morgan fingerprint density at radius 3 is 2.31 bits per heavy atom. The molecule has 0 saturated heterocycles. The number of imide groups is 1. The van der Waals surface area contributed by atoms with Crippen molar-refractivity contribution in [3.8, 4) is 0 Å². The lowest BCUT2D eigenvalue weighted by atomic mass is 10.1. The van der Waals surface area contributed by atoms with Crippen LogP contribution in [-0.4, -0.2) is 51.7 Å². The Hall–Kier alpha value is -4.14. The first-order valence-electron chi connectivity index (χ1n) is 12.7. The van der Waals surface area contributed by atoms with E-state index in [-0.39, 0.29) is 30.3 Å². The van der Waals surface area contributed by atoms with Gasteiger partial charge in [0.05, 0.1) is 41.7 Å². The molecule has 5 rings (SSSR count). The largest absolute Gasteiger partial charge is 0.310 e. The van der Waals surface area contributed by atoms with Gasteiger partial charge in [-0.25, -0.2) is 4.98 Å². The van der Waals surface area contributed by atoms with Gasteiger partial charge in [0, 0.05) is 11.4 Å². The highest BCUT2D eigenvalue weighted by Crippen LogP contribution is 2.22. The molecule has 0 radical (unpaired) electrons. The summed E-state index contributed by atoms with van der Waals surface area (Å²) in [7, 11) is 0. The highest BCUT2D eigenvalue weighted by Gasteiger charge is 2.36. The molecular formula is C30H27ClN4O4. The molecule has 1 aromatic heterocycles. The summed E-state index contributed by atoms with van der Waals surface area (Å²) < 4.78 is 1.69. The maximum absolute atomic E-state index is 13.4. The van der Waals surface area contributed by atoms with E-state index in [1.54, 1.807) is 47.0 Å². The van der Waals surface area contributed by atoms with Crippen molar-refractivity contribution >= 4 is 40.1 Å². The predicted octanol–water partition coefficient (Wildman–Crippen LogP) is 3.73. The zero-order valence-corrected chi connectivity index (χ0v) is 22.1. The van der Waals surface area contributed by atoms with E-state index in [2.05, 4.69) is 5.32 Å². The van der Waals surface area contributed by atoms with E-state index < -0.39 is 11.8 Å². The van der Waals surface area contributed by atoms with Crippen molar-refractivity contribution in [2.24, 2.45) is 5.92 Å². The highest BCUT2D eigenvalue weighted by atomic mass is 35.5. The van der Waals surface area contributed by atoms with Crippen molar-refractivity contribution in [1.29, 1.82) is 0 Å². The van der Waals surface area contributed by atoms with Gasteiger partial charge < -0.3 is 5.32 Å². The Morgan fingerprint density at radius 2 is 1.62 bits per heavy atom. The minimum Gasteiger partial charge on any atom is -0.310 e. The summed E-state index contributed by atoms with van der Waals surface area (Å²) in [6.07, 6.45) is 0.490. The van der Waals surface area contributed by atoms with Gasteiger partial charge in [0.15, 0.2) is 5.78 Å². The van der Waals surface area contributed by atoms with E-state index in [9.17, 15) is 19.2 Å². The van der Waals surface area contributed by atoms with Crippen LogP contribution in [0.25, 0.3) is 10.9 Å². The van der Waals surface area contributed by atoms with Crippen LogP contribution in [0.2, 0.25) is 5.02 Å². The molecule has 1 atom stereocenters. The number of hydrogen-bond donors (Lipinski definition) is 1. The van der Waals surface area contributed by atoms with Gasteiger partial charge in [-0.1, -0.05) is 61.0 Å². The first-order valence-corrected chi connectivity index (χ1v) is 13.1. The number of carbonyl (C=O) groups excluding carboxylic acids is 3. The van der Waals surface area contributed by atoms with Gasteiger partial charge in [-0.15, -0.1) is 0 Å². The molecule has 2 amide bonds. The van der Waals surface area contributed by atoms with Crippen LogP contribution in [0.5, 0.6) is 0 Å². The number of benzene rings is 3. The summed E-state index contributed by atoms with van der Waals surface area (Å²) in [4.78, 5) is 56.8. The van der Waals surface area contributed by atoms with Crippen LogP contribution >= 0.6 is 11.6 Å². The normalized spacial score (nSPS) is 13.6. The monoisotopic (exact) mass is 542 g/mol. The molecule has 0 spiro atoms. The topological polar surface area (TPSA) is 101 Å². The predicted molar refractivity (Wildman–Crippen MR) is 149 cm³/mol. The van der Waals surface area contributed by atoms with Crippen molar-refractivity contribution in [2.45, 2.75) is 19.9 Å². The second-order valence-electron chi connectivity index (χ2n) is 9.79. The fraction of sp³-hybridized carbons (Fsp3) is 0.233. The lowest BCUT2D eigenvalue weighted by molar-refractivity contribution is -0.118. The van der Waals surface area contributed by atoms with E-state index in [1.165, 1.54) is 0 Å². The molecule has 0 aliphatic carbocycles. The average molecular weight is 543 g/mol. The van der Waals surface area contributed by atoms with Crippen molar-refractivity contribution in [3.05, 3.63) is 111 Å². The Morgan fingerprint density at radius 1 is 0.949 bits per heavy atom. The molecule has 0 bridgehead atoms. The maximum Gasteiger partial charge on any atom is 0.261 e. The van der Waals surface area contributed by atoms with E-state index in [1.807, 2.05) is 37.3 Å². The summed E-state index contributed by atoms with van der Waals surface area (Å²) in [5, 5.41) is 4.14. The van der Waals surface area contributed by atoms with Crippen molar-refractivity contribution in [2.75, 3.05) is 19.6 Å². The third-order valence-electron chi connectivity index (χ3n) is 6.74. The summed E-state index contributed by atoms with van der Waals surface area (Å²) in [5.74, 6) is -0.503. The van der Waals surface area contributed by atoms with Gasteiger partial charge in [0.1, 0.15) is 5.82 Å². The molecule has 4 aromatic rings. The molecule has 39 heavy (non-hydrogen) atoms. The van der Waals surface area contributed by atoms with Gasteiger partial charge in [0.2, 0.25) is 0 Å². The molecule has 1 aliphatic rings. The first kappa shape index (κ1) is 26.5. The quantitative estimate of drug-likeness (QED) is 0.306. The zero-order chi connectivity index (χ0) is 27.5. The Labute approximate surface area is 230 Å². The van der Waals surface area contributed by atoms with Crippen molar-refractivity contribution in [3.63, 3.8) is 0 Å². The Kier molecular flexibility index (Phi) is 7.67. The summed E-state index contributed by atoms with van der Waals surface area (Å²) in [6.45, 7) is 2.59. The molecule has 0 unspecified atom stereocenters. The van der Waals surface area contributed by atoms with Crippen LogP contribution in [0.15, 0.2) is 77.6 Å². The molecule has 1 aliphatic heterocycles. The molecule has 0 saturated carbocycles. The number of amides is 2. The van der Waals surface area contributed by atoms with Crippen LogP contribution in [-0.2, 0) is 17.8 Å². The van der Waals surface area contributed by atoms with E-state index in [4.69, 9.17) is 16.6 Å². The Balaban J connectivity index is 1.24. The van der Waals surface area contributed by atoms with Crippen LogP contribution < -0.4 is 10.9 Å². The average Bonchev–Trinajstić information content (AvgIpc) is 3.16. The smallest absolute Gasteiger partial charge is 0.261 e. The van der Waals surface area contributed by atoms with Crippen LogP contribution in [0.1, 0.15) is 39.0 Å². The highest BCUT2D eigenvalue weighted by molar-refractivity contribution is 6.31. The number of Topliss-reactive ketones (excluding diaryl/α,β-unsaturated/α-hetero) is 1. The van der Waals surface area contributed by atoms with Gasteiger partial charge in [-0.05, 0) is 48.4 Å². The fourth-order valence-corrected chi connectivity index (χ4v) is 4.95. The lowest BCUT2D eigenvalue weighted by Gasteiger charge is -2.18. The van der Waals surface area contributed by atoms with Gasteiger partial charge in [-0.3, -0.25) is 28.6 Å². The number of nitrogens with one attached hydrogen (secondary N) is 1. The number of fused-ring (bicyclic) bond motifs is 2. The van der Waals surface area contributed by atoms with Gasteiger partial charge in [-0.2, -0.15) is 0 Å². The Bertz CT molecular complexity index is 1600. The van der Waals surface area contributed by atoms with Gasteiger partial charge >= 0.3 is 0 Å². The molecule has 2 heterocycles. The number of rotatable bonds is 10. The first-order chi connectivity index (χ1) is 18.8. The summed E-state index contributed by atoms with van der Waals surface area (Å²) in [5.41, 5.74) is 2.04. The fourth-order valence-electron chi connectivity index (χ4n) is 4.78. The summed E-state index contributed by atoms with van der Waals surface area (Å²) in [6, 6.07) is 21.4. The van der Waals surface area contributed by atoms with Crippen LogP contribution in [0.3, 0.4) is 0 Å². The minimum atomic E-state index is -0.448. The van der Waals surface area contributed by atoms with E-state index in [0.717, 1.165) is 10.5 Å². The molecule has 3 aromatic carbocycles. The van der Waals surface area contributed by atoms with E-state index >= 15 is 0 Å². The molecule has 0 fully saturated rings. The van der Waals surface area contributed by atoms with Gasteiger partial charge in [0.25, 0.3) is 17.4 Å². The SMILES string of the molecule is C[C@@H](CNCC(=O)CN1C(=O)c2ccccc2C1=O)Cc1nc2cc(Cl)ccc2c(=O)n1Cc1ccccc1. The molecule has 8 nitrogen and oxygen atoms in total. The van der Waals surface area contributed by atoms with Crippen LogP contribution in [0.4, 0.5) is 0 Å². The van der Waals surface area contributed by atoms with Crippen molar-refractivity contribution in [1.82, 2.24) is 19.8 Å². The third kappa shape index (κ3) is 5.67. The maximum atomic E-state index is 13.4. The summed E-state index contributed by atoms with van der Waals surface area (Å²) >= 11 is 6.17. The molecule has 198 valence electrons. The third-order valence-corrected chi connectivity index (χ3v) is 6.97. The van der Waals surface area contributed by atoms with Crippen LogP contribution in [0, 0.1) is 5.92 Å². The molecule has 1 N–H and O–H groups in total. The minimum absolute atomic E-state index is 0.00925. The lowest BCUT2D eigenvalue weighted by Crippen LogP contribution is -2.39.